The number of carbonyl (C=O) groups is 1. The molecule has 0 aromatic heterocycles. The highest BCUT2D eigenvalue weighted by Crippen LogP contribution is 2.21. The van der Waals surface area contributed by atoms with Crippen LogP contribution >= 0.6 is 15.9 Å². The van der Waals surface area contributed by atoms with Crippen molar-refractivity contribution in [2.24, 2.45) is 0 Å². The number of amides is 1. The van der Waals surface area contributed by atoms with Crippen molar-refractivity contribution in [3.05, 3.63) is 58.1 Å². The summed E-state index contributed by atoms with van der Waals surface area (Å²) in [4.78, 5) is 11.9. The normalized spacial score (nSPS) is 10.3. The molecule has 0 aliphatic heterocycles. The lowest BCUT2D eigenvalue weighted by Crippen LogP contribution is -2.14. The molecular weight excluding hydrogens is 318 g/mol. The van der Waals surface area contributed by atoms with Gasteiger partial charge in [-0.25, -0.2) is 8.78 Å². The van der Waals surface area contributed by atoms with Gasteiger partial charge >= 0.3 is 0 Å². The second-order valence-corrected chi connectivity index (χ2v) is 4.68. The third kappa shape index (κ3) is 3.08. The first kappa shape index (κ1) is 13.5. The summed E-state index contributed by atoms with van der Waals surface area (Å²) in [6.45, 7) is 0. The van der Waals surface area contributed by atoms with Crippen LogP contribution in [0.5, 0.6) is 0 Å². The van der Waals surface area contributed by atoms with Crippen molar-refractivity contribution in [3.8, 4) is 0 Å². The molecule has 0 atom stereocenters. The largest absolute Gasteiger partial charge is 0.399 e. The van der Waals surface area contributed by atoms with Crippen molar-refractivity contribution >= 4 is 33.2 Å². The number of nitrogens with one attached hydrogen (secondary N) is 1. The number of benzene rings is 2. The molecule has 1 amide bonds. The summed E-state index contributed by atoms with van der Waals surface area (Å²) in [6.07, 6.45) is 0. The number of rotatable bonds is 2. The third-order valence-corrected chi connectivity index (χ3v) is 2.99. The second-order valence-electron chi connectivity index (χ2n) is 3.83. The average molecular weight is 327 g/mol. The molecule has 0 aliphatic rings. The van der Waals surface area contributed by atoms with Gasteiger partial charge in [-0.05, 0) is 46.3 Å². The predicted octanol–water partition coefficient (Wildman–Crippen LogP) is 3.56. The van der Waals surface area contributed by atoms with Gasteiger partial charge in [-0.2, -0.15) is 0 Å². The van der Waals surface area contributed by atoms with Gasteiger partial charge in [-0.15, -0.1) is 0 Å². The molecule has 6 heteroatoms. The fraction of sp³-hybridized carbons (Fsp3) is 0. The number of anilines is 2. The Morgan fingerprint density at radius 2 is 1.95 bits per heavy atom. The molecule has 0 unspecified atom stereocenters. The van der Waals surface area contributed by atoms with E-state index in [1.54, 1.807) is 0 Å². The van der Waals surface area contributed by atoms with Gasteiger partial charge in [-0.1, -0.05) is 6.07 Å². The van der Waals surface area contributed by atoms with Crippen LogP contribution in [0.1, 0.15) is 10.4 Å². The van der Waals surface area contributed by atoms with E-state index in [-0.39, 0.29) is 21.4 Å². The van der Waals surface area contributed by atoms with Crippen LogP contribution in [-0.4, -0.2) is 5.91 Å². The van der Waals surface area contributed by atoms with E-state index in [9.17, 15) is 13.6 Å². The number of halogens is 3. The molecule has 0 saturated heterocycles. The first-order valence-corrected chi connectivity index (χ1v) is 6.08. The Bertz CT molecular complexity index is 626. The number of carbonyl (C=O) groups excluding carboxylic acids is 1. The summed E-state index contributed by atoms with van der Waals surface area (Å²) in [5.74, 6) is -1.93. The van der Waals surface area contributed by atoms with Gasteiger partial charge in [0.05, 0.1) is 10.0 Å². The van der Waals surface area contributed by atoms with Crippen molar-refractivity contribution < 1.29 is 13.6 Å². The van der Waals surface area contributed by atoms with Crippen molar-refractivity contribution in [3.63, 3.8) is 0 Å². The van der Waals surface area contributed by atoms with Crippen LogP contribution in [0.2, 0.25) is 0 Å². The fourth-order valence-electron chi connectivity index (χ4n) is 1.56. The first-order valence-electron chi connectivity index (χ1n) is 5.29. The van der Waals surface area contributed by atoms with Gasteiger partial charge in [0.1, 0.15) is 11.6 Å². The van der Waals surface area contributed by atoms with Crippen molar-refractivity contribution in [2.75, 3.05) is 11.1 Å². The zero-order valence-electron chi connectivity index (χ0n) is 9.58. The van der Waals surface area contributed by atoms with E-state index < -0.39 is 17.5 Å². The van der Waals surface area contributed by atoms with Crippen LogP contribution in [0, 0.1) is 11.6 Å². The van der Waals surface area contributed by atoms with Crippen LogP contribution in [0.25, 0.3) is 0 Å². The van der Waals surface area contributed by atoms with Gasteiger partial charge in [-0.3, -0.25) is 4.79 Å². The van der Waals surface area contributed by atoms with E-state index in [0.717, 1.165) is 12.1 Å². The van der Waals surface area contributed by atoms with Crippen LogP contribution in [0.4, 0.5) is 20.2 Å². The Kier molecular flexibility index (Phi) is 3.80. The maximum absolute atomic E-state index is 13.7. The molecule has 2 aromatic carbocycles. The number of nitrogens with two attached hydrogens (primary N) is 1. The van der Waals surface area contributed by atoms with Crippen molar-refractivity contribution in [1.82, 2.24) is 0 Å². The first-order chi connectivity index (χ1) is 8.97. The summed E-state index contributed by atoms with van der Waals surface area (Å²) in [5, 5.41) is 2.39. The number of nitrogen functional groups attached to an aromatic ring is 1. The Balaban J connectivity index is 2.28. The van der Waals surface area contributed by atoms with Crippen LogP contribution < -0.4 is 11.1 Å². The Morgan fingerprint density at radius 3 is 2.63 bits per heavy atom. The molecule has 2 rings (SSSR count). The van der Waals surface area contributed by atoms with Gasteiger partial charge < -0.3 is 11.1 Å². The van der Waals surface area contributed by atoms with Crippen molar-refractivity contribution in [1.29, 1.82) is 0 Å². The van der Waals surface area contributed by atoms with E-state index in [0.29, 0.717) is 0 Å². The smallest absolute Gasteiger partial charge is 0.258 e. The van der Waals surface area contributed by atoms with E-state index in [1.807, 2.05) is 0 Å². The summed E-state index contributed by atoms with van der Waals surface area (Å²) in [6, 6.07) is 7.95. The SMILES string of the molecule is Nc1cc(F)cc(NC(=O)c2cccc(Br)c2F)c1. The zero-order chi connectivity index (χ0) is 14.0. The highest BCUT2D eigenvalue weighted by Gasteiger charge is 2.14. The molecule has 0 fully saturated rings. The summed E-state index contributed by atoms with van der Waals surface area (Å²) in [7, 11) is 0. The van der Waals surface area contributed by atoms with E-state index in [4.69, 9.17) is 5.73 Å². The molecule has 19 heavy (non-hydrogen) atoms. The lowest BCUT2D eigenvalue weighted by Gasteiger charge is -2.08. The second kappa shape index (κ2) is 5.36. The number of hydrogen-bond acceptors (Lipinski definition) is 2. The van der Waals surface area contributed by atoms with E-state index in [1.165, 1.54) is 24.3 Å². The van der Waals surface area contributed by atoms with E-state index >= 15 is 0 Å². The molecule has 0 saturated carbocycles. The average Bonchev–Trinajstić information content (AvgIpc) is 2.31. The number of hydrogen-bond donors (Lipinski definition) is 2. The highest BCUT2D eigenvalue weighted by atomic mass is 79.9. The van der Waals surface area contributed by atoms with Gasteiger partial charge in [0, 0.05) is 11.4 Å². The standard InChI is InChI=1S/C13H9BrF2N2O/c14-11-3-1-2-10(12(11)16)13(19)18-9-5-7(15)4-8(17)6-9/h1-6H,17H2,(H,18,19). The predicted molar refractivity (Wildman–Crippen MR) is 72.9 cm³/mol. The molecular formula is C13H9BrF2N2O. The minimum atomic E-state index is -0.677. The summed E-state index contributed by atoms with van der Waals surface area (Å²) < 4.78 is 27.0. The summed E-state index contributed by atoms with van der Waals surface area (Å²) >= 11 is 2.99. The molecule has 0 aliphatic carbocycles. The molecule has 2 aromatic rings. The minimum Gasteiger partial charge on any atom is -0.399 e. The maximum atomic E-state index is 13.7. The minimum absolute atomic E-state index is 0.141. The molecule has 0 radical (unpaired) electrons. The maximum Gasteiger partial charge on any atom is 0.258 e. The Hall–Kier alpha value is -1.95. The molecule has 0 heterocycles. The quantitative estimate of drug-likeness (QED) is 0.829. The highest BCUT2D eigenvalue weighted by molar-refractivity contribution is 9.10. The van der Waals surface area contributed by atoms with Crippen molar-refractivity contribution in [2.45, 2.75) is 0 Å². The van der Waals surface area contributed by atoms with E-state index in [2.05, 4.69) is 21.2 Å². The molecule has 0 bridgehead atoms. The third-order valence-electron chi connectivity index (χ3n) is 2.37. The molecule has 3 N–H and O–H groups in total. The molecule has 0 spiro atoms. The van der Waals surface area contributed by atoms with Crippen LogP contribution in [-0.2, 0) is 0 Å². The molecule has 3 nitrogen and oxygen atoms in total. The molecule has 98 valence electrons. The summed E-state index contributed by atoms with van der Waals surface area (Å²) in [5.41, 5.74) is 5.65. The monoisotopic (exact) mass is 326 g/mol. The Morgan fingerprint density at radius 1 is 1.21 bits per heavy atom. The fourth-order valence-corrected chi connectivity index (χ4v) is 1.93. The lowest BCUT2D eigenvalue weighted by atomic mass is 10.2. The van der Waals surface area contributed by atoms with Crippen LogP contribution in [0.3, 0.4) is 0 Å². The van der Waals surface area contributed by atoms with Crippen LogP contribution in [0.15, 0.2) is 40.9 Å². The van der Waals surface area contributed by atoms with Gasteiger partial charge in [0.2, 0.25) is 0 Å². The lowest BCUT2D eigenvalue weighted by molar-refractivity contribution is 0.102. The topological polar surface area (TPSA) is 55.1 Å². The zero-order valence-corrected chi connectivity index (χ0v) is 11.2. The van der Waals surface area contributed by atoms with Gasteiger partial charge in [0.15, 0.2) is 0 Å². The Labute approximate surface area is 116 Å². The van der Waals surface area contributed by atoms with Gasteiger partial charge in [0.25, 0.3) is 5.91 Å².